The fourth-order valence-electron chi connectivity index (χ4n) is 3.02. The highest BCUT2D eigenvalue weighted by molar-refractivity contribution is 4.99. The van der Waals surface area contributed by atoms with E-state index in [-0.39, 0.29) is 0 Å². The molecule has 1 unspecified atom stereocenters. The van der Waals surface area contributed by atoms with Crippen molar-refractivity contribution >= 4 is 0 Å². The molecule has 94 valence electrons. The Labute approximate surface area is 101 Å². The van der Waals surface area contributed by atoms with Gasteiger partial charge in [-0.15, -0.1) is 0 Å². The van der Waals surface area contributed by atoms with E-state index in [4.69, 9.17) is 0 Å². The molecule has 0 aromatic heterocycles. The lowest BCUT2D eigenvalue weighted by Crippen LogP contribution is -2.36. The van der Waals surface area contributed by atoms with Gasteiger partial charge in [0.2, 0.25) is 0 Å². The predicted molar refractivity (Wildman–Crippen MR) is 69.6 cm³/mol. The third kappa shape index (κ3) is 2.78. The first-order chi connectivity index (χ1) is 7.66. The first-order valence-corrected chi connectivity index (χ1v) is 7.12. The minimum Gasteiger partial charge on any atom is -0.313 e. The zero-order valence-corrected chi connectivity index (χ0v) is 11.3. The summed E-state index contributed by atoms with van der Waals surface area (Å²) in [6.45, 7) is 12.2. The predicted octanol–water partition coefficient (Wildman–Crippen LogP) is 2.50. The summed E-state index contributed by atoms with van der Waals surface area (Å²) in [5, 5.41) is 3.65. The number of hydrogen-bond donors (Lipinski definition) is 1. The van der Waals surface area contributed by atoms with Crippen molar-refractivity contribution in [3.8, 4) is 0 Å². The average molecular weight is 224 g/mol. The van der Waals surface area contributed by atoms with Crippen molar-refractivity contribution in [1.82, 2.24) is 10.2 Å². The average Bonchev–Trinajstić information content (AvgIpc) is 2.89. The zero-order valence-electron chi connectivity index (χ0n) is 11.3. The van der Waals surface area contributed by atoms with Crippen LogP contribution in [-0.4, -0.2) is 37.1 Å². The van der Waals surface area contributed by atoms with Crippen LogP contribution in [0.25, 0.3) is 0 Å². The van der Waals surface area contributed by atoms with E-state index in [2.05, 4.69) is 31.0 Å². The van der Waals surface area contributed by atoms with Crippen LogP contribution >= 0.6 is 0 Å². The van der Waals surface area contributed by atoms with Crippen molar-refractivity contribution < 1.29 is 0 Å². The van der Waals surface area contributed by atoms with Crippen molar-refractivity contribution in [3.63, 3.8) is 0 Å². The van der Waals surface area contributed by atoms with Crippen LogP contribution in [0.2, 0.25) is 0 Å². The number of nitrogens with one attached hydrogen (secondary N) is 1. The standard InChI is InChI=1S/C14H28N2/c1-4-8-15-13-5-9-16(10-13)11-14(6-7-14)12(2)3/h12-13,15H,4-11H2,1-3H3. The smallest absolute Gasteiger partial charge is 0.0207 e. The normalized spacial score (nSPS) is 28.9. The quantitative estimate of drug-likeness (QED) is 0.746. The largest absolute Gasteiger partial charge is 0.313 e. The summed E-state index contributed by atoms with van der Waals surface area (Å²) >= 11 is 0. The third-order valence-corrected chi connectivity index (χ3v) is 4.61. The van der Waals surface area contributed by atoms with Gasteiger partial charge < -0.3 is 10.2 Å². The second-order valence-corrected chi connectivity index (χ2v) is 6.19. The lowest BCUT2D eigenvalue weighted by molar-refractivity contribution is 0.214. The summed E-state index contributed by atoms with van der Waals surface area (Å²) in [5.41, 5.74) is 0.694. The van der Waals surface area contributed by atoms with Gasteiger partial charge in [-0.2, -0.15) is 0 Å². The molecule has 0 aromatic carbocycles. The minimum absolute atomic E-state index is 0.694. The maximum Gasteiger partial charge on any atom is 0.0207 e. The molecular formula is C14H28N2. The Balaban J connectivity index is 1.73. The number of likely N-dealkylation sites (tertiary alicyclic amines) is 1. The molecule has 1 aliphatic heterocycles. The topological polar surface area (TPSA) is 15.3 Å². The Kier molecular flexibility index (Phi) is 3.91. The van der Waals surface area contributed by atoms with E-state index in [0.29, 0.717) is 5.41 Å². The van der Waals surface area contributed by atoms with Crippen LogP contribution in [0.5, 0.6) is 0 Å². The highest BCUT2D eigenvalue weighted by Gasteiger charge is 2.46. The van der Waals surface area contributed by atoms with Gasteiger partial charge in [0.1, 0.15) is 0 Å². The summed E-state index contributed by atoms with van der Waals surface area (Å²) < 4.78 is 0. The molecule has 1 atom stereocenters. The summed E-state index contributed by atoms with van der Waals surface area (Å²) in [4.78, 5) is 2.69. The lowest BCUT2D eigenvalue weighted by Gasteiger charge is -2.26. The van der Waals surface area contributed by atoms with Crippen LogP contribution in [0.15, 0.2) is 0 Å². The van der Waals surface area contributed by atoms with Crippen molar-refractivity contribution in [2.24, 2.45) is 11.3 Å². The van der Waals surface area contributed by atoms with Gasteiger partial charge in [0.15, 0.2) is 0 Å². The van der Waals surface area contributed by atoms with Crippen LogP contribution in [-0.2, 0) is 0 Å². The van der Waals surface area contributed by atoms with Crippen LogP contribution in [0.4, 0.5) is 0 Å². The number of rotatable bonds is 6. The Hall–Kier alpha value is -0.0800. The van der Waals surface area contributed by atoms with E-state index in [0.717, 1.165) is 12.0 Å². The van der Waals surface area contributed by atoms with Crippen LogP contribution in [0.3, 0.4) is 0 Å². The number of hydrogen-bond acceptors (Lipinski definition) is 2. The molecule has 1 saturated carbocycles. The van der Waals surface area contributed by atoms with Crippen molar-refractivity contribution in [3.05, 3.63) is 0 Å². The molecule has 1 N–H and O–H groups in total. The van der Waals surface area contributed by atoms with Gasteiger partial charge in [0.25, 0.3) is 0 Å². The molecule has 0 amide bonds. The van der Waals surface area contributed by atoms with Crippen LogP contribution in [0.1, 0.15) is 46.5 Å². The monoisotopic (exact) mass is 224 g/mol. The molecular weight excluding hydrogens is 196 g/mol. The van der Waals surface area contributed by atoms with Gasteiger partial charge >= 0.3 is 0 Å². The molecule has 2 heteroatoms. The zero-order chi connectivity index (χ0) is 11.6. The van der Waals surface area contributed by atoms with Crippen molar-refractivity contribution in [2.75, 3.05) is 26.2 Å². The molecule has 0 bridgehead atoms. The molecule has 1 heterocycles. The third-order valence-electron chi connectivity index (χ3n) is 4.61. The summed E-state index contributed by atoms with van der Waals surface area (Å²) in [6, 6.07) is 0.767. The molecule has 2 fully saturated rings. The maximum absolute atomic E-state index is 3.65. The Bertz CT molecular complexity index is 221. The Morgan fingerprint density at radius 2 is 2.12 bits per heavy atom. The van der Waals surface area contributed by atoms with Gasteiger partial charge in [-0.25, -0.2) is 0 Å². The fourth-order valence-corrected chi connectivity index (χ4v) is 3.02. The van der Waals surface area contributed by atoms with E-state index in [1.165, 1.54) is 51.9 Å². The first kappa shape index (κ1) is 12.4. The molecule has 2 aliphatic rings. The fraction of sp³-hybridized carbons (Fsp3) is 1.00. The lowest BCUT2D eigenvalue weighted by atomic mass is 9.92. The maximum atomic E-state index is 3.65. The second-order valence-electron chi connectivity index (χ2n) is 6.19. The van der Waals surface area contributed by atoms with E-state index in [1.807, 2.05) is 0 Å². The van der Waals surface area contributed by atoms with Gasteiger partial charge in [-0.1, -0.05) is 20.8 Å². The molecule has 0 spiro atoms. The van der Waals surface area contributed by atoms with Gasteiger partial charge in [-0.05, 0) is 50.1 Å². The highest BCUT2D eigenvalue weighted by atomic mass is 15.2. The Morgan fingerprint density at radius 1 is 1.38 bits per heavy atom. The molecule has 1 saturated heterocycles. The highest BCUT2D eigenvalue weighted by Crippen LogP contribution is 2.52. The Morgan fingerprint density at radius 3 is 2.69 bits per heavy atom. The first-order valence-electron chi connectivity index (χ1n) is 7.12. The van der Waals surface area contributed by atoms with Gasteiger partial charge in [0.05, 0.1) is 0 Å². The van der Waals surface area contributed by atoms with E-state index < -0.39 is 0 Å². The molecule has 0 aromatic rings. The van der Waals surface area contributed by atoms with Crippen molar-refractivity contribution in [1.29, 1.82) is 0 Å². The molecule has 0 radical (unpaired) electrons. The van der Waals surface area contributed by atoms with Crippen LogP contribution < -0.4 is 5.32 Å². The number of nitrogens with zero attached hydrogens (tertiary/aromatic N) is 1. The van der Waals surface area contributed by atoms with Gasteiger partial charge in [0, 0.05) is 19.1 Å². The van der Waals surface area contributed by atoms with E-state index >= 15 is 0 Å². The van der Waals surface area contributed by atoms with Crippen molar-refractivity contribution in [2.45, 2.75) is 52.5 Å². The van der Waals surface area contributed by atoms with Crippen LogP contribution in [0, 0.1) is 11.3 Å². The van der Waals surface area contributed by atoms with E-state index in [1.54, 1.807) is 0 Å². The minimum atomic E-state index is 0.694. The summed E-state index contributed by atoms with van der Waals surface area (Å²) in [5.74, 6) is 0.871. The summed E-state index contributed by atoms with van der Waals surface area (Å²) in [6.07, 6.45) is 5.54. The molecule has 16 heavy (non-hydrogen) atoms. The molecule has 2 nitrogen and oxygen atoms in total. The molecule has 1 aliphatic carbocycles. The summed E-state index contributed by atoms with van der Waals surface area (Å²) in [7, 11) is 0. The second kappa shape index (κ2) is 5.05. The van der Waals surface area contributed by atoms with Gasteiger partial charge in [-0.3, -0.25) is 0 Å². The SMILES string of the molecule is CCCNC1CCN(CC2(C(C)C)CC2)C1. The van der Waals surface area contributed by atoms with E-state index in [9.17, 15) is 0 Å². The molecule has 2 rings (SSSR count).